The molecule has 1 amide bonds. The van der Waals surface area contributed by atoms with E-state index in [1.807, 2.05) is 19.1 Å². The summed E-state index contributed by atoms with van der Waals surface area (Å²) in [5.74, 6) is 0.250. The third-order valence-electron chi connectivity index (χ3n) is 3.87. The third kappa shape index (κ3) is 3.59. The predicted octanol–water partition coefficient (Wildman–Crippen LogP) is 2.62. The summed E-state index contributed by atoms with van der Waals surface area (Å²) < 4.78 is 0. The summed E-state index contributed by atoms with van der Waals surface area (Å²) in [5.41, 5.74) is 1.13. The lowest BCUT2D eigenvalue weighted by Crippen LogP contribution is -2.29. The van der Waals surface area contributed by atoms with E-state index in [0.717, 1.165) is 31.5 Å². The van der Waals surface area contributed by atoms with Gasteiger partial charge in [-0.1, -0.05) is 17.7 Å². The summed E-state index contributed by atoms with van der Waals surface area (Å²) in [6.45, 7) is 3.72. The van der Waals surface area contributed by atoms with Crippen LogP contribution in [0.3, 0.4) is 0 Å². The van der Waals surface area contributed by atoms with E-state index in [2.05, 4.69) is 25.2 Å². The zero-order chi connectivity index (χ0) is 16.2. The molecule has 6 nitrogen and oxygen atoms in total. The van der Waals surface area contributed by atoms with Crippen molar-refractivity contribution in [3.63, 3.8) is 0 Å². The second-order valence-corrected chi connectivity index (χ2v) is 5.95. The van der Waals surface area contributed by atoms with Gasteiger partial charge in [0.1, 0.15) is 0 Å². The van der Waals surface area contributed by atoms with Gasteiger partial charge in [0.15, 0.2) is 5.69 Å². The number of aromatic nitrogens is 3. The molecule has 0 spiro atoms. The molecule has 3 rings (SSSR count). The van der Waals surface area contributed by atoms with E-state index in [-0.39, 0.29) is 22.7 Å². The maximum atomic E-state index is 12.5. The first-order valence-corrected chi connectivity index (χ1v) is 8.01. The van der Waals surface area contributed by atoms with Gasteiger partial charge in [0.25, 0.3) is 5.91 Å². The number of amides is 1. The van der Waals surface area contributed by atoms with Crippen LogP contribution in [0.25, 0.3) is 0 Å². The summed E-state index contributed by atoms with van der Waals surface area (Å²) >= 11 is 6.11. The number of rotatable bonds is 4. The van der Waals surface area contributed by atoms with E-state index in [4.69, 9.17) is 11.6 Å². The van der Waals surface area contributed by atoms with Crippen LogP contribution < -0.4 is 10.2 Å². The number of hydrogen-bond acceptors (Lipinski definition) is 5. The Hall–Kier alpha value is -2.21. The van der Waals surface area contributed by atoms with Crippen LogP contribution in [0.2, 0.25) is 5.02 Å². The lowest BCUT2D eigenvalue weighted by Gasteiger charge is -2.17. The van der Waals surface area contributed by atoms with Gasteiger partial charge in [0, 0.05) is 25.5 Å². The zero-order valence-electron chi connectivity index (χ0n) is 12.9. The summed E-state index contributed by atoms with van der Waals surface area (Å²) in [5, 5.41) is 3.15. The van der Waals surface area contributed by atoms with E-state index in [1.165, 1.54) is 6.20 Å². The fraction of sp³-hybridized carbons (Fsp3) is 0.375. The van der Waals surface area contributed by atoms with Crippen molar-refractivity contribution in [3.05, 3.63) is 47.0 Å². The smallest absolute Gasteiger partial charge is 0.272 e. The highest BCUT2D eigenvalue weighted by atomic mass is 35.5. The lowest BCUT2D eigenvalue weighted by molar-refractivity contribution is 0.0935. The van der Waals surface area contributed by atoms with E-state index in [9.17, 15) is 4.79 Å². The van der Waals surface area contributed by atoms with Gasteiger partial charge >= 0.3 is 0 Å². The van der Waals surface area contributed by atoms with Crippen molar-refractivity contribution >= 4 is 23.5 Å². The molecule has 2 aromatic heterocycles. The Labute approximate surface area is 139 Å². The highest BCUT2D eigenvalue weighted by Crippen LogP contribution is 2.20. The van der Waals surface area contributed by atoms with Gasteiger partial charge in [-0.2, -0.15) is 0 Å². The Morgan fingerprint density at radius 1 is 1.35 bits per heavy atom. The number of hydrogen-bond donors (Lipinski definition) is 1. The Morgan fingerprint density at radius 2 is 2.13 bits per heavy atom. The number of nitrogens with zero attached hydrogens (tertiary/aromatic N) is 4. The molecular formula is C16H18ClN5O. The molecule has 0 aromatic carbocycles. The van der Waals surface area contributed by atoms with E-state index >= 15 is 0 Å². The number of anilines is 1. The van der Waals surface area contributed by atoms with Crippen LogP contribution in [-0.4, -0.2) is 33.9 Å². The normalized spacial score (nSPS) is 15.5. The van der Waals surface area contributed by atoms with E-state index in [1.54, 1.807) is 12.4 Å². The molecule has 0 radical (unpaired) electrons. The molecule has 1 N–H and O–H groups in total. The summed E-state index contributed by atoms with van der Waals surface area (Å²) in [4.78, 5) is 27.2. The van der Waals surface area contributed by atoms with Gasteiger partial charge in [-0.25, -0.2) is 9.97 Å². The van der Waals surface area contributed by atoms with Crippen molar-refractivity contribution in [2.24, 2.45) is 0 Å². The molecule has 0 bridgehead atoms. The fourth-order valence-electron chi connectivity index (χ4n) is 2.57. The van der Waals surface area contributed by atoms with Gasteiger partial charge in [-0.15, -0.1) is 0 Å². The highest BCUT2D eigenvalue weighted by Gasteiger charge is 2.20. The van der Waals surface area contributed by atoms with Crippen LogP contribution in [0.1, 0.15) is 41.9 Å². The number of pyridine rings is 1. The standard InChI is InChI=1S/C16H18ClN5O/c1-11(12-5-4-6-18-9-12)20-15(23)14-13(17)10-19-16(21-14)22-7-2-3-8-22/h4-6,9-11H,2-3,7-8H2,1H3,(H,20,23)/t11-/m1/s1. The first-order chi connectivity index (χ1) is 11.1. The minimum absolute atomic E-state index is 0.183. The maximum Gasteiger partial charge on any atom is 0.272 e. The molecular weight excluding hydrogens is 314 g/mol. The van der Waals surface area contributed by atoms with Crippen molar-refractivity contribution in [1.82, 2.24) is 20.3 Å². The van der Waals surface area contributed by atoms with Crippen LogP contribution in [0.15, 0.2) is 30.7 Å². The van der Waals surface area contributed by atoms with E-state index in [0.29, 0.717) is 5.95 Å². The maximum absolute atomic E-state index is 12.5. The molecule has 0 saturated carbocycles. The first-order valence-electron chi connectivity index (χ1n) is 7.63. The highest BCUT2D eigenvalue weighted by molar-refractivity contribution is 6.33. The van der Waals surface area contributed by atoms with Crippen LogP contribution in [0, 0.1) is 0 Å². The molecule has 1 atom stereocenters. The lowest BCUT2D eigenvalue weighted by atomic mass is 10.1. The van der Waals surface area contributed by atoms with Gasteiger partial charge in [0.2, 0.25) is 5.95 Å². The van der Waals surface area contributed by atoms with Crippen LogP contribution in [0.4, 0.5) is 5.95 Å². The van der Waals surface area contributed by atoms with Gasteiger partial charge in [-0.05, 0) is 31.4 Å². The number of halogens is 1. The predicted molar refractivity (Wildman–Crippen MR) is 88.6 cm³/mol. The Morgan fingerprint density at radius 3 is 2.83 bits per heavy atom. The molecule has 1 aliphatic heterocycles. The third-order valence-corrected chi connectivity index (χ3v) is 4.14. The average molecular weight is 332 g/mol. The summed E-state index contributed by atoms with van der Waals surface area (Å²) in [6, 6.07) is 3.56. The van der Waals surface area contributed by atoms with Crippen molar-refractivity contribution in [2.75, 3.05) is 18.0 Å². The fourth-order valence-corrected chi connectivity index (χ4v) is 2.74. The molecule has 1 fully saturated rings. The van der Waals surface area contributed by atoms with Gasteiger partial charge in [-0.3, -0.25) is 9.78 Å². The monoisotopic (exact) mass is 331 g/mol. The van der Waals surface area contributed by atoms with Crippen LogP contribution >= 0.6 is 11.6 Å². The van der Waals surface area contributed by atoms with Crippen molar-refractivity contribution in [3.8, 4) is 0 Å². The van der Waals surface area contributed by atoms with E-state index < -0.39 is 0 Å². The summed E-state index contributed by atoms with van der Waals surface area (Å²) in [7, 11) is 0. The van der Waals surface area contributed by atoms with Crippen molar-refractivity contribution in [2.45, 2.75) is 25.8 Å². The van der Waals surface area contributed by atoms with Crippen LogP contribution in [0.5, 0.6) is 0 Å². The topological polar surface area (TPSA) is 71.0 Å². The van der Waals surface area contributed by atoms with Crippen molar-refractivity contribution < 1.29 is 4.79 Å². The molecule has 3 heterocycles. The minimum Gasteiger partial charge on any atom is -0.344 e. The second kappa shape index (κ2) is 6.91. The molecule has 23 heavy (non-hydrogen) atoms. The molecule has 2 aromatic rings. The molecule has 1 aliphatic rings. The van der Waals surface area contributed by atoms with Crippen molar-refractivity contribution in [1.29, 1.82) is 0 Å². The Balaban J connectivity index is 1.77. The Bertz CT molecular complexity index is 688. The molecule has 120 valence electrons. The largest absolute Gasteiger partial charge is 0.344 e. The second-order valence-electron chi connectivity index (χ2n) is 5.54. The number of nitrogens with one attached hydrogen (secondary N) is 1. The van der Waals surface area contributed by atoms with Gasteiger partial charge < -0.3 is 10.2 Å². The molecule has 0 aliphatic carbocycles. The van der Waals surface area contributed by atoms with Gasteiger partial charge in [0.05, 0.1) is 17.3 Å². The molecule has 1 saturated heterocycles. The van der Waals surface area contributed by atoms with Crippen LogP contribution in [-0.2, 0) is 0 Å². The zero-order valence-corrected chi connectivity index (χ0v) is 13.6. The molecule has 7 heteroatoms. The average Bonchev–Trinajstić information content (AvgIpc) is 3.10. The SMILES string of the molecule is C[C@@H](NC(=O)c1nc(N2CCCC2)ncc1Cl)c1cccnc1. The number of carbonyl (C=O) groups excluding carboxylic acids is 1. The number of carbonyl (C=O) groups is 1. The minimum atomic E-state index is -0.311. The quantitative estimate of drug-likeness (QED) is 0.932. The first kappa shape index (κ1) is 15.7. The Kier molecular flexibility index (Phi) is 4.71. The summed E-state index contributed by atoms with van der Waals surface area (Å²) in [6.07, 6.45) is 7.15. The molecule has 0 unspecified atom stereocenters.